The lowest BCUT2D eigenvalue weighted by atomic mass is 10.0. The minimum atomic E-state index is -4.45. The van der Waals surface area contributed by atoms with Crippen LogP contribution < -0.4 is 4.90 Å². The third-order valence-electron chi connectivity index (χ3n) is 4.63. The molecule has 2 aromatic carbocycles. The number of alkyl halides is 3. The monoisotopic (exact) mass is 473 g/mol. The number of hydrogen-bond donors (Lipinski definition) is 0. The molecule has 0 unspecified atom stereocenters. The van der Waals surface area contributed by atoms with E-state index >= 15 is 0 Å². The number of aromatic nitrogens is 2. The molecule has 0 aliphatic carbocycles. The Labute approximate surface area is 178 Å². The molecule has 8 heteroatoms. The molecule has 30 heavy (non-hydrogen) atoms. The molecule has 0 fully saturated rings. The molecule has 0 atom stereocenters. The second kappa shape index (κ2) is 7.60. The Hall–Kier alpha value is -3.13. The topological polar surface area (TPSA) is 37.6 Å². The predicted molar refractivity (Wildman–Crippen MR) is 113 cm³/mol. The molecule has 0 radical (unpaired) electrons. The van der Waals surface area contributed by atoms with Gasteiger partial charge >= 0.3 is 6.18 Å². The highest BCUT2D eigenvalue weighted by atomic mass is 79.9. The molecule has 4 rings (SSSR count). The van der Waals surface area contributed by atoms with Gasteiger partial charge in [0.1, 0.15) is 4.60 Å². The van der Waals surface area contributed by atoms with Gasteiger partial charge in [0.05, 0.1) is 17.4 Å². The molecular formula is C22H15BrF3N3O. The number of benzene rings is 2. The molecule has 0 saturated carbocycles. The summed E-state index contributed by atoms with van der Waals surface area (Å²) in [5.74, 6) is -0.247. The summed E-state index contributed by atoms with van der Waals surface area (Å²) in [4.78, 5) is 18.4. The van der Waals surface area contributed by atoms with Crippen LogP contribution in [0.15, 0.2) is 77.7 Å². The molecule has 1 amide bonds. The van der Waals surface area contributed by atoms with E-state index in [2.05, 4.69) is 20.9 Å². The highest BCUT2D eigenvalue weighted by Gasteiger charge is 2.30. The summed E-state index contributed by atoms with van der Waals surface area (Å²) in [7, 11) is 0. The lowest BCUT2D eigenvalue weighted by Crippen LogP contribution is -2.23. The quantitative estimate of drug-likeness (QED) is 0.342. The number of pyridine rings is 1. The molecule has 2 aromatic heterocycles. The van der Waals surface area contributed by atoms with Crippen molar-refractivity contribution in [1.29, 1.82) is 0 Å². The van der Waals surface area contributed by atoms with Gasteiger partial charge in [0.15, 0.2) is 5.65 Å². The fourth-order valence-electron chi connectivity index (χ4n) is 3.31. The van der Waals surface area contributed by atoms with E-state index < -0.39 is 11.7 Å². The van der Waals surface area contributed by atoms with Crippen molar-refractivity contribution in [1.82, 2.24) is 9.38 Å². The molecule has 0 aliphatic rings. The average molecular weight is 474 g/mol. The number of nitrogens with zero attached hydrogens (tertiary/aromatic N) is 3. The number of anilines is 2. The Balaban J connectivity index is 1.97. The minimum Gasteiger partial charge on any atom is -0.292 e. The van der Waals surface area contributed by atoms with Gasteiger partial charge in [0.25, 0.3) is 0 Å². The van der Waals surface area contributed by atoms with Crippen LogP contribution in [0.25, 0.3) is 16.8 Å². The van der Waals surface area contributed by atoms with E-state index in [1.165, 1.54) is 17.9 Å². The Kier molecular flexibility index (Phi) is 5.11. The number of para-hydroxylation sites is 1. The van der Waals surface area contributed by atoms with Gasteiger partial charge in [0, 0.05) is 24.4 Å². The number of imidazole rings is 1. The smallest absolute Gasteiger partial charge is 0.292 e. The SMILES string of the molecule is CC(=O)N(c1ccccc1)c1cc(-c2cccc(C(F)(F)F)c2)cn2c(Br)cnc12. The summed E-state index contributed by atoms with van der Waals surface area (Å²) in [6.45, 7) is 1.43. The maximum atomic E-state index is 13.2. The summed E-state index contributed by atoms with van der Waals surface area (Å²) >= 11 is 3.41. The summed E-state index contributed by atoms with van der Waals surface area (Å²) in [5, 5.41) is 0. The number of hydrogen-bond acceptors (Lipinski definition) is 2. The molecule has 0 saturated heterocycles. The number of halogens is 4. The number of amides is 1. The largest absolute Gasteiger partial charge is 0.416 e. The van der Waals surface area contributed by atoms with Crippen molar-refractivity contribution >= 4 is 38.9 Å². The number of fused-ring (bicyclic) bond motifs is 1. The maximum Gasteiger partial charge on any atom is 0.416 e. The molecule has 152 valence electrons. The fraction of sp³-hybridized carbons (Fsp3) is 0.0909. The maximum absolute atomic E-state index is 13.2. The van der Waals surface area contributed by atoms with E-state index in [1.54, 1.807) is 53.2 Å². The third kappa shape index (κ3) is 3.70. The van der Waals surface area contributed by atoms with E-state index in [-0.39, 0.29) is 5.91 Å². The van der Waals surface area contributed by atoms with E-state index in [9.17, 15) is 18.0 Å². The van der Waals surface area contributed by atoms with Crippen molar-refractivity contribution < 1.29 is 18.0 Å². The lowest BCUT2D eigenvalue weighted by molar-refractivity contribution is -0.137. The van der Waals surface area contributed by atoms with Crippen molar-refractivity contribution in [3.63, 3.8) is 0 Å². The zero-order valence-electron chi connectivity index (χ0n) is 15.7. The van der Waals surface area contributed by atoms with Crippen molar-refractivity contribution in [3.8, 4) is 11.1 Å². The molecule has 0 bridgehead atoms. The van der Waals surface area contributed by atoms with Crippen LogP contribution in [0.5, 0.6) is 0 Å². The molecule has 0 spiro atoms. The van der Waals surface area contributed by atoms with Crippen LogP contribution in [0.3, 0.4) is 0 Å². The first-order valence-electron chi connectivity index (χ1n) is 8.95. The normalized spacial score (nSPS) is 11.6. The van der Waals surface area contributed by atoms with Crippen LogP contribution >= 0.6 is 15.9 Å². The van der Waals surface area contributed by atoms with Gasteiger partial charge in [-0.15, -0.1) is 0 Å². The van der Waals surface area contributed by atoms with E-state index in [0.717, 1.165) is 12.1 Å². The van der Waals surface area contributed by atoms with Gasteiger partial charge in [-0.05, 0) is 51.8 Å². The van der Waals surface area contributed by atoms with Gasteiger partial charge in [0.2, 0.25) is 5.91 Å². The van der Waals surface area contributed by atoms with Crippen LogP contribution in [0.1, 0.15) is 12.5 Å². The van der Waals surface area contributed by atoms with Crippen molar-refractivity contribution in [2.24, 2.45) is 0 Å². The summed E-state index contributed by atoms with van der Waals surface area (Å²) in [5.41, 5.74) is 1.76. The summed E-state index contributed by atoms with van der Waals surface area (Å²) < 4.78 is 41.9. The predicted octanol–water partition coefficient (Wildman–Crippen LogP) is 6.47. The van der Waals surface area contributed by atoms with Gasteiger partial charge in [-0.2, -0.15) is 13.2 Å². The van der Waals surface area contributed by atoms with Crippen LogP contribution in [0, 0.1) is 0 Å². The first-order valence-corrected chi connectivity index (χ1v) is 9.75. The number of rotatable bonds is 3. The zero-order valence-corrected chi connectivity index (χ0v) is 17.3. The molecule has 2 heterocycles. The molecule has 0 N–H and O–H groups in total. The Morgan fingerprint density at radius 1 is 1.03 bits per heavy atom. The third-order valence-corrected chi connectivity index (χ3v) is 5.22. The lowest BCUT2D eigenvalue weighted by Gasteiger charge is -2.23. The van der Waals surface area contributed by atoms with E-state index in [4.69, 9.17) is 0 Å². The molecule has 4 aromatic rings. The second-order valence-electron chi connectivity index (χ2n) is 6.66. The van der Waals surface area contributed by atoms with E-state index in [0.29, 0.717) is 32.8 Å². The van der Waals surface area contributed by atoms with E-state index in [1.807, 2.05) is 6.07 Å². The van der Waals surface area contributed by atoms with Gasteiger partial charge in [-0.25, -0.2) is 4.98 Å². The number of carbonyl (C=O) groups is 1. The van der Waals surface area contributed by atoms with Crippen LogP contribution in [0.2, 0.25) is 0 Å². The first kappa shape index (κ1) is 20.2. The minimum absolute atomic E-state index is 0.247. The van der Waals surface area contributed by atoms with Gasteiger partial charge in [-0.3, -0.25) is 14.1 Å². The summed E-state index contributed by atoms with van der Waals surface area (Å²) in [6.07, 6.45) is -1.18. The molecule has 0 aliphatic heterocycles. The second-order valence-corrected chi connectivity index (χ2v) is 7.47. The van der Waals surface area contributed by atoms with Crippen LogP contribution in [0.4, 0.5) is 24.5 Å². The average Bonchev–Trinajstić information content (AvgIpc) is 3.09. The Morgan fingerprint density at radius 3 is 2.43 bits per heavy atom. The van der Waals surface area contributed by atoms with Gasteiger partial charge in [-0.1, -0.05) is 30.3 Å². The van der Waals surface area contributed by atoms with Crippen LogP contribution in [-0.2, 0) is 11.0 Å². The van der Waals surface area contributed by atoms with Crippen LogP contribution in [-0.4, -0.2) is 15.3 Å². The van der Waals surface area contributed by atoms with Crippen molar-refractivity contribution in [3.05, 3.63) is 83.2 Å². The first-order chi connectivity index (χ1) is 14.3. The zero-order chi connectivity index (χ0) is 21.5. The summed E-state index contributed by atoms with van der Waals surface area (Å²) in [6, 6.07) is 15.8. The molecular weight excluding hydrogens is 459 g/mol. The van der Waals surface area contributed by atoms with Gasteiger partial charge < -0.3 is 0 Å². The van der Waals surface area contributed by atoms with Crippen molar-refractivity contribution in [2.75, 3.05) is 4.90 Å². The standard InChI is InChI=1S/C22H15BrF3N3O/c1-14(30)29(18-8-3-2-4-9-18)19-11-16(13-28-20(23)12-27-21(19)28)15-6-5-7-17(10-15)22(24,25)26/h2-13H,1H3. The fourth-order valence-corrected chi connectivity index (χ4v) is 3.68. The highest BCUT2D eigenvalue weighted by molar-refractivity contribution is 9.10. The Bertz CT molecular complexity index is 1240. The Morgan fingerprint density at radius 2 is 1.77 bits per heavy atom. The number of carbonyl (C=O) groups excluding carboxylic acids is 1. The van der Waals surface area contributed by atoms with Crippen molar-refractivity contribution in [2.45, 2.75) is 13.1 Å². The highest BCUT2D eigenvalue weighted by Crippen LogP contribution is 2.36. The molecule has 4 nitrogen and oxygen atoms in total.